The zero-order valence-corrected chi connectivity index (χ0v) is 17.2. The molecule has 2 aromatic rings. The van der Waals surface area contributed by atoms with Gasteiger partial charge in [0.1, 0.15) is 0 Å². The van der Waals surface area contributed by atoms with E-state index in [-0.39, 0.29) is 33.5 Å². The van der Waals surface area contributed by atoms with E-state index < -0.39 is 12.2 Å². The summed E-state index contributed by atoms with van der Waals surface area (Å²) in [6.45, 7) is 10.0. The van der Waals surface area contributed by atoms with Crippen LogP contribution in [0.2, 0.25) is 0 Å². The molecule has 0 bridgehead atoms. The molecule has 0 atom stereocenters. The smallest absolute Gasteiger partial charge is 0.859 e. The number of rotatable bonds is 0. The predicted molar refractivity (Wildman–Crippen MR) is 87.1 cm³/mol. The Balaban J connectivity index is -0.000000270. The van der Waals surface area contributed by atoms with Crippen molar-refractivity contribution in [2.45, 2.75) is 53.8 Å². The van der Waals surface area contributed by atoms with Crippen molar-refractivity contribution in [3.05, 3.63) is 47.8 Å². The Morgan fingerprint density at radius 1 is 0.680 bits per heavy atom. The maximum Gasteiger partial charge on any atom is 4.00 e. The largest absolute Gasteiger partial charge is 4.00 e. The van der Waals surface area contributed by atoms with Gasteiger partial charge in [0.15, 0.2) is 0 Å². The van der Waals surface area contributed by atoms with Gasteiger partial charge in [-0.05, 0) is 37.7 Å². The van der Waals surface area contributed by atoms with Crippen LogP contribution in [0.4, 0.5) is 0 Å². The minimum atomic E-state index is -0.417. The van der Waals surface area contributed by atoms with Gasteiger partial charge in [0.2, 0.25) is 0 Å². The van der Waals surface area contributed by atoms with E-state index in [1.54, 1.807) is 65.8 Å². The standard InChI is InChI=1S/2C6H7NO.2C3H7O.Ti/c2*1-5-3-2-4-6(8)7-5;2*1-3(2)4;/h2*2-4H,1H3,(H,7,8);2*3H,1-2H3;/q;;2*-1;+4/p-2. The molecule has 0 amide bonds. The van der Waals surface area contributed by atoms with Crippen LogP contribution in [0.5, 0.6) is 11.8 Å². The van der Waals surface area contributed by atoms with Gasteiger partial charge in [-0.3, -0.25) is 9.97 Å². The van der Waals surface area contributed by atoms with Crippen molar-refractivity contribution in [1.29, 1.82) is 0 Å². The summed E-state index contributed by atoms with van der Waals surface area (Å²) in [6.07, 6.45) is -0.833. The van der Waals surface area contributed by atoms with Crippen LogP contribution in [0, 0.1) is 13.8 Å². The monoisotopic (exact) mass is 382 g/mol. The topological polar surface area (TPSA) is 118 Å². The van der Waals surface area contributed by atoms with Crippen molar-refractivity contribution in [1.82, 2.24) is 9.97 Å². The summed E-state index contributed by atoms with van der Waals surface area (Å²) < 4.78 is 0. The molecule has 0 aliphatic carbocycles. The van der Waals surface area contributed by atoms with Crippen LogP contribution in [-0.2, 0) is 21.7 Å². The van der Waals surface area contributed by atoms with E-state index in [1.165, 1.54) is 12.1 Å². The number of aromatic nitrogens is 2. The first-order chi connectivity index (χ1) is 11.0. The molecule has 0 fully saturated rings. The van der Waals surface area contributed by atoms with Crippen molar-refractivity contribution in [3.8, 4) is 11.8 Å². The quantitative estimate of drug-likeness (QED) is 0.610. The van der Waals surface area contributed by atoms with E-state index in [4.69, 9.17) is 0 Å². The zero-order valence-electron chi connectivity index (χ0n) is 15.6. The van der Waals surface area contributed by atoms with Crippen LogP contribution in [-0.4, -0.2) is 22.2 Å². The number of pyridine rings is 2. The molecule has 0 aliphatic rings. The van der Waals surface area contributed by atoms with Gasteiger partial charge in [0.05, 0.1) is 0 Å². The van der Waals surface area contributed by atoms with Gasteiger partial charge in [-0.25, -0.2) is 0 Å². The average molecular weight is 382 g/mol. The molecule has 0 saturated carbocycles. The van der Waals surface area contributed by atoms with Crippen LogP contribution in [0.15, 0.2) is 36.4 Å². The maximum atomic E-state index is 10.4. The van der Waals surface area contributed by atoms with E-state index in [1.807, 2.05) is 0 Å². The van der Waals surface area contributed by atoms with Crippen molar-refractivity contribution >= 4 is 0 Å². The van der Waals surface area contributed by atoms with Crippen molar-refractivity contribution in [2.75, 3.05) is 0 Å². The normalized spacial score (nSPS) is 8.72. The first-order valence-corrected chi connectivity index (χ1v) is 7.57. The summed E-state index contributed by atoms with van der Waals surface area (Å²) in [6, 6.07) is 9.86. The van der Waals surface area contributed by atoms with Gasteiger partial charge >= 0.3 is 21.7 Å². The molecule has 136 valence electrons. The molecule has 0 unspecified atom stereocenters. The minimum Gasteiger partial charge on any atom is -0.859 e. The van der Waals surface area contributed by atoms with Crippen molar-refractivity contribution in [2.24, 2.45) is 0 Å². The van der Waals surface area contributed by atoms with Crippen LogP contribution >= 0.6 is 0 Å². The van der Waals surface area contributed by atoms with Crippen molar-refractivity contribution < 1.29 is 42.1 Å². The summed E-state index contributed by atoms with van der Waals surface area (Å²) in [5, 5.41) is 39.8. The Labute approximate surface area is 165 Å². The van der Waals surface area contributed by atoms with Gasteiger partial charge in [0.25, 0.3) is 0 Å². The van der Waals surface area contributed by atoms with Gasteiger partial charge in [-0.15, -0.1) is 12.2 Å². The molecule has 2 heterocycles. The molecule has 0 spiro atoms. The second-order valence-corrected chi connectivity index (χ2v) is 5.33. The Bertz CT molecular complexity index is 463. The molecule has 0 aromatic carbocycles. The summed E-state index contributed by atoms with van der Waals surface area (Å²) in [4.78, 5) is 7.24. The Morgan fingerprint density at radius 3 is 1.04 bits per heavy atom. The third kappa shape index (κ3) is 27.7. The summed E-state index contributed by atoms with van der Waals surface area (Å²) in [5.74, 6) is -0.324. The van der Waals surface area contributed by atoms with Gasteiger partial charge in [-0.2, -0.15) is 0 Å². The van der Waals surface area contributed by atoms with Crippen molar-refractivity contribution in [3.63, 3.8) is 0 Å². The molecule has 7 heteroatoms. The zero-order chi connectivity index (χ0) is 19.1. The maximum absolute atomic E-state index is 10.4. The fraction of sp³-hybridized carbons (Fsp3) is 0.444. The Morgan fingerprint density at radius 2 is 0.920 bits per heavy atom. The molecule has 2 rings (SSSR count). The molecule has 0 N–H and O–H groups in total. The first-order valence-electron chi connectivity index (χ1n) is 7.57. The molecular formula is C18H26N2O4Ti. The van der Waals surface area contributed by atoms with Crippen LogP contribution in [0.1, 0.15) is 39.1 Å². The van der Waals surface area contributed by atoms with Crippen LogP contribution in [0.25, 0.3) is 0 Å². The fourth-order valence-electron chi connectivity index (χ4n) is 1.04. The molecule has 2 aromatic heterocycles. The Hall–Kier alpha value is -1.47. The summed E-state index contributed by atoms with van der Waals surface area (Å²) in [7, 11) is 0. The molecule has 0 saturated heterocycles. The summed E-state index contributed by atoms with van der Waals surface area (Å²) in [5.41, 5.74) is 1.55. The van der Waals surface area contributed by atoms with Gasteiger partial charge in [0, 0.05) is 11.4 Å². The third-order valence-corrected chi connectivity index (χ3v) is 1.73. The van der Waals surface area contributed by atoms with Crippen LogP contribution < -0.4 is 20.4 Å². The van der Waals surface area contributed by atoms with E-state index in [0.717, 1.165) is 11.4 Å². The number of aryl methyl sites for hydroxylation is 2. The summed E-state index contributed by atoms with van der Waals surface area (Å²) >= 11 is 0. The number of hydrogen-bond donors (Lipinski definition) is 0. The number of hydrogen-bond acceptors (Lipinski definition) is 6. The SMILES string of the molecule is CC(C)[O-].CC(C)[O-].Cc1cccc([O-])n1.Cc1cccc([O-])n1.[Ti+4]. The molecule has 0 radical (unpaired) electrons. The fourth-order valence-corrected chi connectivity index (χ4v) is 1.04. The molecule has 25 heavy (non-hydrogen) atoms. The molecule has 0 aliphatic heterocycles. The van der Waals surface area contributed by atoms with Gasteiger partial charge in [-0.1, -0.05) is 52.0 Å². The average Bonchev–Trinajstić information content (AvgIpc) is 2.37. The Kier molecular flexibility index (Phi) is 19.7. The minimum absolute atomic E-state index is 0. The van der Waals surface area contributed by atoms with E-state index >= 15 is 0 Å². The predicted octanol–water partition coefficient (Wildman–Crippen LogP) is 0.435. The van der Waals surface area contributed by atoms with E-state index in [0.29, 0.717) is 0 Å². The first kappa shape index (κ1) is 28.3. The molecular weight excluding hydrogens is 356 g/mol. The number of nitrogens with zero attached hydrogens (tertiary/aromatic N) is 2. The molecule has 6 nitrogen and oxygen atoms in total. The second-order valence-electron chi connectivity index (χ2n) is 5.33. The second kappa shape index (κ2) is 17.4. The van der Waals surface area contributed by atoms with Gasteiger partial charge < -0.3 is 20.4 Å². The van der Waals surface area contributed by atoms with E-state index in [9.17, 15) is 20.4 Å². The third-order valence-electron chi connectivity index (χ3n) is 1.73. The van der Waals surface area contributed by atoms with Crippen LogP contribution in [0.3, 0.4) is 0 Å². The van der Waals surface area contributed by atoms with E-state index in [2.05, 4.69) is 9.97 Å².